The van der Waals surface area contributed by atoms with Gasteiger partial charge >= 0.3 is 0 Å². The molecule has 0 unspecified atom stereocenters. The number of nitrogens with zero attached hydrogens (tertiary/aromatic N) is 1. The van der Waals surface area contributed by atoms with Crippen LogP contribution in [-0.4, -0.2) is 6.54 Å². The van der Waals surface area contributed by atoms with Crippen LogP contribution in [0.1, 0.15) is 12.5 Å². The van der Waals surface area contributed by atoms with E-state index in [1.165, 1.54) is 12.1 Å². The summed E-state index contributed by atoms with van der Waals surface area (Å²) >= 11 is 3.45. The van der Waals surface area contributed by atoms with Gasteiger partial charge in [-0.1, -0.05) is 15.9 Å². The van der Waals surface area contributed by atoms with E-state index in [-0.39, 0.29) is 5.82 Å². The summed E-state index contributed by atoms with van der Waals surface area (Å²) in [5, 5.41) is 0. The van der Waals surface area contributed by atoms with Crippen molar-refractivity contribution in [1.82, 2.24) is 0 Å². The van der Waals surface area contributed by atoms with Gasteiger partial charge in [-0.15, -0.1) is 0 Å². The minimum Gasteiger partial charge on any atom is -0.342 e. The third kappa shape index (κ3) is 3.14. The first-order valence-corrected chi connectivity index (χ1v) is 6.96. The van der Waals surface area contributed by atoms with Crippen LogP contribution in [0.4, 0.5) is 15.8 Å². The highest BCUT2D eigenvalue weighted by atomic mass is 79.9. The molecule has 2 aromatic rings. The molecule has 0 amide bonds. The maximum atomic E-state index is 13.0. The molecular formula is C15H16BrFN2. The van der Waals surface area contributed by atoms with Crippen molar-refractivity contribution in [2.24, 2.45) is 5.73 Å². The SMILES string of the molecule is CCN(c1ccc(F)cc1)c1ccc(Br)cc1CN. The predicted molar refractivity (Wildman–Crippen MR) is 81.1 cm³/mol. The van der Waals surface area contributed by atoms with Crippen LogP contribution in [0.2, 0.25) is 0 Å². The highest BCUT2D eigenvalue weighted by molar-refractivity contribution is 9.10. The Balaban J connectivity index is 2.44. The van der Waals surface area contributed by atoms with Crippen LogP contribution >= 0.6 is 15.9 Å². The largest absolute Gasteiger partial charge is 0.342 e. The summed E-state index contributed by atoms with van der Waals surface area (Å²) in [6.07, 6.45) is 0. The molecule has 0 aromatic heterocycles. The molecule has 0 saturated carbocycles. The molecule has 0 atom stereocenters. The van der Waals surface area contributed by atoms with E-state index in [9.17, 15) is 4.39 Å². The molecule has 0 fully saturated rings. The molecule has 0 spiro atoms. The van der Waals surface area contributed by atoms with Gasteiger partial charge in [0.1, 0.15) is 5.82 Å². The number of halogens is 2. The van der Waals surface area contributed by atoms with E-state index in [2.05, 4.69) is 27.8 Å². The van der Waals surface area contributed by atoms with Crippen LogP contribution < -0.4 is 10.6 Å². The van der Waals surface area contributed by atoms with Crippen molar-refractivity contribution in [2.75, 3.05) is 11.4 Å². The van der Waals surface area contributed by atoms with E-state index in [0.717, 1.165) is 28.0 Å². The van der Waals surface area contributed by atoms with Gasteiger partial charge in [0.2, 0.25) is 0 Å². The lowest BCUT2D eigenvalue weighted by atomic mass is 10.1. The fourth-order valence-electron chi connectivity index (χ4n) is 2.09. The highest BCUT2D eigenvalue weighted by Gasteiger charge is 2.11. The van der Waals surface area contributed by atoms with Crippen LogP contribution in [0.15, 0.2) is 46.9 Å². The molecule has 0 bridgehead atoms. The molecule has 0 saturated heterocycles. The normalized spacial score (nSPS) is 10.5. The van der Waals surface area contributed by atoms with Crippen LogP contribution in [0.25, 0.3) is 0 Å². The topological polar surface area (TPSA) is 29.3 Å². The summed E-state index contributed by atoms with van der Waals surface area (Å²) in [6.45, 7) is 3.32. The van der Waals surface area contributed by atoms with Gasteiger partial charge < -0.3 is 10.6 Å². The van der Waals surface area contributed by atoms with Crippen LogP contribution in [-0.2, 0) is 6.54 Å². The molecular weight excluding hydrogens is 307 g/mol. The minimum absolute atomic E-state index is 0.227. The first-order chi connectivity index (χ1) is 9.15. The summed E-state index contributed by atoms with van der Waals surface area (Å²) in [4.78, 5) is 2.12. The lowest BCUT2D eigenvalue weighted by molar-refractivity contribution is 0.628. The van der Waals surface area contributed by atoms with Gasteiger partial charge in [0, 0.05) is 28.9 Å². The average Bonchev–Trinajstić information content (AvgIpc) is 2.43. The van der Waals surface area contributed by atoms with Crippen molar-refractivity contribution in [3.8, 4) is 0 Å². The molecule has 19 heavy (non-hydrogen) atoms. The lowest BCUT2D eigenvalue weighted by Gasteiger charge is -2.26. The molecule has 2 N–H and O–H groups in total. The Morgan fingerprint density at radius 1 is 1.16 bits per heavy atom. The second-order valence-corrected chi connectivity index (χ2v) is 5.11. The molecule has 100 valence electrons. The summed E-state index contributed by atoms with van der Waals surface area (Å²) in [6, 6.07) is 12.5. The van der Waals surface area contributed by atoms with E-state index in [4.69, 9.17) is 5.73 Å². The first-order valence-electron chi connectivity index (χ1n) is 6.17. The fourth-order valence-corrected chi connectivity index (χ4v) is 2.50. The smallest absolute Gasteiger partial charge is 0.123 e. The third-order valence-electron chi connectivity index (χ3n) is 3.01. The van der Waals surface area contributed by atoms with Crippen molar-refractivity contribution in [3.63, 3.8) is 0 Å². The van der Waals surface area contributed by atoms with Crippen molar-refractivity contribution >= 4 is 27.3 Å². The molecule has 0 radical (unpaired) electrons. The number of hydrogen-bond donors (Lipinski definition) is 1. The average molecular weight is 323 g/mol. The Hall–Kier alpha value is -1.39. The Morgan fingerprint density at radius 2 is 1.84 bits per heavy atom. The van der Waals surface area contributed by atoms with Crippen LogP contribution in [0, 0.1) is 5.82 Å². The molecule has 2 nitrogen and oxygen atoms in total. The van der Waals surface area contributed by atoms with Gasteiger partial charge in [0.15, 0.2) is 0 Å². The van der Waals surface area contributed by atoms with Crippen LogP contribution in [0.5, 0.6) is 0 Å². The quantitative estimate of drug-likeness (QED) is 0.913. The fraction of sp³-hybridized carbons (Fsp3) is 0.200. The minimum atomic E-state index is -0.227. The molecule has 2 aromatic carbocycles. The van der Waals surface area contributed by atoms with Gasteiger partial charge in [-0.3, -0.25) is 0 Å². The van der Waals surface area contributed by atoms with Crippen molar-refractivity contribution in [3.05, 3.63) is 58.3 Å². The first kappa shape index (κ1) is 14.0. The summed E-state index contributed by atoms with van der Waals surface area (Å²) < 4.78 is 14.0. The molecule has 0 aliphatic rings. The Kier molecular flexibility index (Phi) is 4.56. The highest BCUT2D eigenvalue weighted by Crippen LogP contribution is 2.30. The van der Waals surface area contributed by atoms with Gasteiger partial charge in [-0.05, 0) is 55.0 Å². The van der Waals surface area contributed by atoms with Gasteiger partial charge in [0.25, 0.3) is 0 Å². The Labute approximate surface area is 121 Å². The van der Waals surface area contributed by atoms with E-state index in [0.29, 0.717) is 6.54 Å². The molecule has 4 heteroatoms. The van der Waals surface area contributed by atoms with Crippen LogP contribution in [0.3, 0.4) is 0 Å². The van der Waals surface area contributed by atoms with E-state index < -0.39 is 0 Å². The zero-order chi connectivity index (χ0) is 13.8. The number of anilines is 2. The summed E-state index contributed by atoms with van der Waals surface area (Å²) in [5.74, 6) is -0.227. The summed E-state index contributed by atoms with van der Waals surface area (Å²) in [5.41, 5.74) is 8.88. The molecule has 0 heterocycles. The number of nitrogens with two attached hydrogens (primary N) is 1. The standard InChI is InChI=1S/C15H16BrFN2/c1-2-19(14-6-4-13(17)5-7-14)15-8-3-12(16)9-11(15)10-18/h3-9H,2,10,18H2,1H3. The van der Waals surface area contributed by atoms with Gasteiger partial charge in [-0.2, -0.15) is 0 Å². The Morgan fingerprint density at radius 3 is 2.42 bits per heavy atom. The number of benzene rings is 2. The molecule has 0 aliphatic carbocycles. The monoisotopic (exact) mass is 322 g/mol. The second-order valence-electron chi connectivity index (χ2n) is 4.20. The number of hydrogen-bond acceptors (Lipinski definition) is 2. The predicted octanol–water partition coefficient (Wildman–Crippen LogP) is 4.20. The van der Waals surface area contributed by atoms with Gasteiger partial charge in [0.05, 0.1) is 0 Å². The summed E-state index contributed by atoms with van der Waals surface area (Å²) in [7, 11) is 0. The van der Waals surface area contributed by atoms with Crippen molar-refractivity contribution in [1.29, 1.82) is 0 Å². The third-order valence-corrected chi connectivity index (χ3v) is 3.50. The molecule has 2 rings (SSSR count). The number of rotatable bonds is 4. The van der Waals surface area contributed by atoms with Crippen molar-refractivity contribution < 1.29 is 4.39 Å². The lowest BCUT2D eigenvalue weighted by Crippen LogP contribution is -2.18. The van der Waals surface area contributed by atoms with E-state index in [1.54, 1.807) is 12.1 Å². The Bertz CT molecular complexity index is 555. The second kappa shape index (κ2) is 6.17. The van der Waals surface area contributed by atoms with Crippen molar-refractivity contribution in [2.45, 2.75) is 13.5 Å². The van der Waals surface area contributed by atoms with Gasteiger partial charge in [-0.25, -0.2) is 4.39 Å². The maximum Gasteiger partial charge on any atom is 0.123 e. The molecule has 0 aliphatic heterocycles. The maximum absolute atomic E-state index is 13.0. The van der Waals surface area contributed by atoms with E-state index in [1.807, 2.05) is 18.2 Å². The zero-order valence-corrected chi connectivity index (χ0v) is 12.3. The zero-order valence-electron chi connectivity index (χ0n) is 10.7. The van der Waals surface area contributed by atoms with E-state index >= 15 is 0 Å².